The highest BCUT2D eigenvalue weighted by molar-refractivity contribution is 7.80. The van der Waals surface area contributed by atoms with Gasteiger partial charge in [-0.15, -0.1) is 0 Å². The van der Waals surface area contributed by atoms with Crippen LogP contribution in [0.25, 0.3) is 11.1 Å². The van der Waals surface area contributed by atoms with Crippen LogP contribution < -0.4 is 15.9 Å². The molecule has 158 valence electrons. The molecule has 0 amide bonds. The lowest BCUT2D eigenvalue weighted by Gasteiger charge is -2.23. The zero-order chi connectivity index (χ0) is 22.0. The molecule has 3 heteroatoms. The monoisotopic (exact) mass is 435 g/mol. The Morgan fingerprint density at radius 3 is 1.69 bits per heavy atom. The Balaban J connectivity index is 1.70. The molecule has 5 rings (SSSR count). The lowest BCUT2D eigenvalue weighted by Crippen LogP contribution is -2.22. The van der Waals surface area contributed by atoms with Gasteiger partial charge in [-0.3, -0.25) is 0 Å². The molecule has 0 radical (unpaired) electrons. The van der Waals surface area contributed by atoms with Crippen molar-refractivity contribution in [2.24, 2.45) is 4.99 Å². The van der Waals surface area contributed by atoms with Crippen LogP contribution in [-0.4, -0.2) is 18.0 Å². The van der Waals surface area contributed by atoms with E-state index < -0.39 is 7.92 Å². The molecule has 4 aromatic rings. The third kappa shape index (κ3) is 4.11. The number of hydrogen-bond donors (Lipinski definition) is 0. The zero-order valence-corrected chi connectivity index (χ0v) is 19.3. The van der Waals surface area contributed by atoms with Gasteiger partial charge in [0.1, 0.15) is 6.61 Å². The molecule has 0 aliphatic carbocycles. The minimum absolute atomic E-state index is 0.192. The standard InChI is InChI=1S/C29H26NOP/c1-29(2)21-31-28(30-29)26-19-10-9-17-24(26)25-18-11-12-20-27(25)32(22-13-5-3-6-14-22)23-15-7-4-8-16-23/h3-20H,21H2,1-2H3. The second kappa shape index (κ2) is 8.73. The molecule has 1 aliphatic rings. The molecule has 0 N–H and O–H groups in total. The summed E-state index contributed by atoms with van der Waals surface area (Å²) < 4.78 is 6.04. The third-order valence-corrected chi connectivity index (χ3v) is 8.09. The first kappa shape index (κ1) is 20.7. The van der Waals surface area contributed by atoms with Gasteiger partial charge in [0.25, 0.3) is 0 Å². The maximum Gasteiger partial charge on any atom is 0.217 e. The van der Waals surface area contributed by atoms with Crippen LogP contribution >= 0.6 is 7.92 Å². The molecule has 0 saturated heterocycles. The fourth-order valence-electron chi connectivity index (χ4n) is 4.10. The Labute approximate surface area is 191 Å². The number of aliphatic imine (C=N–C) groups is 1. The van der Waals surface area contributed by atoms with E-state index in [0.29, 0.717) is 6.61 Å². The van der Waals surface area contributed by atoms with Gasteiger partial charge >= 0.3 is 0 Å². The van der Waals surface area contributed by atoms with E-state index in [4.69, 9.17) is 9.73 Å². The van der Waals surface area contributed by atoms with Crippen molar-refractivity contribution in [1.82, 2.24) is 0 Å². The Hall–Kier alpha value is -3.22. The second-order valence-corrected chi connectivity index (χ2v) is 10.8. The maximum atomic E-state index is 6.04. The minimum Gasteiger partial charge on any atom is -0.475 e. The average Bonchev–Trinajstić information content (AvgIpc) is 3.20. The van der Waals surface area contributed by atoms with Crippen LogP contribution in [0.5, 0.6) is 0 Å². The van der Waals surface area contributed by atoms with Crippen LogP contribution in [0.15, 0.2) is 114 Å². The van der Waals surface area contributed by atoms with Crippen molar-refractivity contribution in [3.8, 4) is 11.1 Å². The van der Waals surface area contributed by atoms with E-state index in [1.54, 1.807) is 0 Å². The van der Waals surface area contributed by atoms with Crippen molar-refractivity contribution in [2.45, 2.75) is 19.4 Å². The molecule has 0 aromatic heterocycles. The number of rotatable bonds is 5. The fourth-order valence-corrected chi connectivity index (χ4v) is 6.57. The summed E-state index contributed by atoms with van der Waals surface area (Å²) in [6.07, 6.45) is 0. The van der Waals surface area contributed by atoms with Gasteiger partial charge in [-0.1, -0.05) is 103 Å². The lowest BCUT2D eigenvalue weighted by atomic mass is 9.99. The summed E-state index contributed by atoms with van der Waals surface area (Å²) >= 11 is 0. The smallest absolute Gasteiger partial charge is 0.217 e. The van der Waals surface area contributed by atoms with Gasteiger partial charge in [0.05, 0.1) is 5.54 Å². The van der Waals surface area contributed by atoms with Gasteiger partial charge in [-0.25, -0.2) is 4.99 Å². The molecular formula is C29H26NOP. The third-order valence-electron chi connectivity index (χ3n) is 5.59. The number of hydrogen-bond acceptors (Lipinski definition) is 2. The summed E-state index contributed by atoms with van der Waals surface area (Å²) in [5.41, 5.74) is 3.27. The molecule has 0 bridgehead atoms. The molecule has 32 heavy (non-hydrogen) atoms. The van der Waals surface area contributed by atoms with Crippen molar-refractivity contribution in [3.63, 3.8) is 0 Å². The van der Waals surface area contributed by atoms with E-state index in [9.17, 15) is 0 Å². The quantitative estimate of drug-likeness (QED) is 0.370. The highest BCUT2D eigenvalue weighted by Crippen LogP contribution is 2.38. The summed E-state index contributed by atoms with van der Waals surface area (Å²) in [5.74, 6) is 0.740. The van der Waals surface area contributed by atoms with Crippen molar-refractivity contribution in [2.75, 3.05) is 6.61 Å². The van der Waals surface area contributed by atoms with Crippen LogP contribution in [0.3, 0.4) is 0 Å². The summed E-state index contributed by atoms with van der Waals surface area (Å²) in [5, 5.41) is 4.02. The predicted octanol–water partition coefficient (Wildman–Crippen LogP) is 5.67. The predicted molar refractivity (Wildman–Crippen MR) is 137 cm³/mol. The molecule has 0 saturated carbocycles. The van der Waals surface area contributed by atoms with E-state index in [2.05, 4.69) is 123 Å². The van der Waals surface area contributed by atoms with E-state index >= 15 is 0 Å². The first-order chi connectivity index (χ1) is 15.6. The highest BCUT2D eigenvalue weighted by Gasteiger charge is 2.29. The van der Waals surface area contributed by atoms with Crippen molar-refractivity contribution in [3.05, 3.63) is 115 Å². The van der Waals surface area contributed by atoms with Gasteiger partial charge in [0.15, 0.2) is 0 Å². The van der Waals surface area contributed by atoms with E-state index in [1.807, 2.05) is 0 Å². The van der Waals surface area contributed by atoms with Crippen LogP contribution in [0.4, 0.5) is 0 Å². The maximum absolute atomic E-state index is 6.04. The van der Waals surface area contributed by atoms with Crippen molar-refractivity contribution >= 4 is 29.7 Å². The van der Waals surface area contributed by atoms with Crippen LogP contribution in [0.1, 0.15) is 19.4 Å². The summed E-state index contributed by atoms with van der Waals surface area (Å²) in [4.78, 5) is 4.87. The molecule has 2 nitrogen and oxygen atoms in total. The van der Waals surface area contributed by atoms with E-state index in [1.165, 1.54) is 27.0 Å². The molecule has 0 spiro atoms. The average molecular weight is 436 g/mol. The molecule has 0 fully saturated rings. The fraction of sp³-hybridized carbons (Fsp3) is 0.138. The molecule has 4 aromatic carbocycles. The Bertz CT molecular complexity index is 1210. The Kier molecular flexibility index (Phi) is 5.64. The van der Waals surface area contributed by atoms with E-state index in [0.717, 1.165) is 11.5 Å². The minimum atomic E-state index is -0.715. The molecule has 0 unspecified atom stereocenters. The largest absolute Gasteiger partial charge is 0.475 e. The Morgan fingerprint density at radius 2 is 1.12 bits per heavy atom. The number of ether oxygens (including phenoxy) is 1. The molecule has 1 aliphatic heterocycles. The van der Waals surface area contributed by atoms with Gasteiger partial charge in [-0.05, 0) is 54.9 Å². The highest BCUT2D eigenvalue weighted by atomic mass is 31.1. The van der Waals surface area contributed by atoms with Gasteiger partial charge in [-0.2, -0.15) is 0 Å². The zero-order valence-electron chi connectivity index (χ0n) is 18.4. The van der Waals surface area contributed by atoms with E-state index in [-0.39, 0.29) is 5.54 Å². The van der Waals surface area contributed by atoms with Gasteiger partial charge in [0, 0.05) is 5.56 Å². The Morgan fingerprint density at radius 1 is 0.625 bits per heavy atom. The second-order valence-electron chi connectivity index (χ2n) is 8.59. The SMILES string of the molecule is CC1(C)COC(c2ccccc2-c2ccccc2P(c2ccccc2)c2ccccc2)=N1. The van der Waals surface area contributed by atoms with Crippen LogP contribution in [0, 0.1) is 0 Å². The first-order valence-electron chi connectivity index (χ1n) is 10.9. The topological polar surface area (TPSA) is 21.6 Å². The normalized spacial score (nSPS) is 14.8. The van der Waals surface area contributed by atoms with Crippen molar-refractivity contribution < 1.29 is 4.74 Å². The van der Waals surface area contributed by atoms with Crippen molar-refractivity contribution in [1.29, 1.82) is 0 Å². The van der Waals surface area contributed by atoms with Crippen LogP contribution in [0.2, 0.25) is 0 Å². The molecule has 1 heterocycles. The van der Waals surface area contributed by atoms with Gasteiger partial charge < -0.3 is 4.74 Å². The molecular weight excluding hydrogens is 409 g/mol. The summed E-state index contributed by atoms with van der Waals surface area (Å²) in [7, 11) is -0.715. The van der Waals surface area contributed by atoms with Gasteiger partial charge in [0.2, 0.25) is 5.90 Å². The summed E-state index contributed by atoms with van der Waals surface area (Å²) in [6, 6.07) is 38.9. The van der Waals surface area contributed by atoms with Crippen LogP contribution in [-0.2, 0) is 4.74 Å². The number of benzene rings is 4. The summed E-state index contributed by atoms with van der Waals surface area (Å²) in [6.45, 7) is 4.83. The first-order valence-corrected chi connectivity index (χ1v) is 12.3. The number of nitrogens with zero attached hydrogens (tertiary/aromatic N) is 1. The lowest BCUT2D eigenvalue weighted by molar-refractivity contribution is 0.279. The molecule has 0 atom stereocenters.